The molecule has 25 heavy (non-hydrogen) atoms. The van der Waals surface area contributed by atoms with Gasteiger partial charge in [-0.15, -0.1) is 0 Å². The minimum absolute atomic E-state index is 0.504. The topological polar surface area (TPSA) is 47.0 Å². The number of aromatic nitrogens is 2. The molecule has 2 fully saturated rings. The van der Waals surface area contributed by atoms with Crippen LogP contribution in [0.1, 0.15) is 45.4 Å². The molecule has 0 atom stereocenters. The number of hydrogen-bond acceptors (Lipinski definition) is 4. The molecule has 2 aliphatic carbocycles. The summed E-state index contributed by atoms with van der Waals surface area (Å²) in [5.74, 6) is 3.31. The minimum atomic E-state index is 0.504. The number of nitrogens with zero attached hydrogens (tertiary/aromatic N) is 2. The van der Waals surface area contributed by atoms with E-state index in [1.54, 1.807) is 0 Å². The third-order valence-corrected chi connectivity index (χ3v) is 5.34. The van der Waals surface area contributed by atoms with E-state index in [-0.39, 0.29) is 0 Å². The highest BCUT2D eigenvalue weighted by Gasteiger charge is 2.22. The van der Waals surface area contributed by atoms with Gasteiger partial charge in [0.15, 0.2) is 0 Å². The van der Waals surface area contributed by atoms with E-state index in [1.165, 1.54) is 38.5 Å². The summed E-state index contributed by atoms with van der Waals surface area (Å²) in [4.78, 5) is 9.11. The highest BCUT2D eigenvalue weighted by atomic mass is 16.5. The summed E-state index contributed by atoms with van der Waals surface area (Å²) >= 11 is 0. The van der Waals surface area contributed by atoms with Crippen molar-refractivity contribution in [2.24, 2.45) is 11.8 Å². The predicted molar refractivity (Wildman–Crippen MR) is 101 cm³/mol. The van der Waals surface area contributed by atoms with Gasteiger partial charge in [-0.25, -0.2) is 9.97 Å². The summed E-state index contributed by atoms with van der Waals surface area (Å²) in [6.07, 6.45) is 9.47. The monoisotopic (exact) mass is 337 g/mol. The maximum Gasteiger partial charge on any atom is 0.223 e. The van der Waals surface area contributed by atoms with E-state index in [1.807, 2.05) is 24.4 Å². The minimum Gasteiger partial charge on any atom is -0.493 e. The number of ether oxygens (including phenoxy) is 1. The Kier molecular flexibility index (Phi) is 4.86. The molecule has 1 N–H and O–H groups in total. The van der Waals surface area contributed by atoms with Crippen LogP contribution in [0.3, 0.4) is 0 Å². The summed E-state index contributed by atoms with van der Waals surface area (Å²) in [7, 11) is 0. The fraction of sp³-hybridized carbons (Fsp3) is 0.524. The SMILES string of the molecule is CC1CCC(Nc2nccc(-c3ccc(OCC4CC4)cc3)n2)CC1. The maximum atomic E-state index is 5.81. The predicted octanol–water partition coefficient (Wildman–Crippen LogP) is 4.92. The van der Waals surface area contributed by atoms with Crippen LogP contribution in [0, 0.1) is 11.8 Å². The van der Waals surface area contributed by atoms with Gasteiger partial charge in [0.25, 0.3) is 0 Å². The van der Waals surface area contributed by atoms with E-state index in [4.69, 9.17) is 9.72 Å². The second kappa shape index (κ2) is 7.42. The Morgan fingerprint density at radius 1 is 1.00 bits per heavy atom. The molecule has 2 aliphatic rings. The highest BCUT2D eigenvalue weighted by molar-refractivity contribution is 5.61. The standard InChI is InChI=1S/C21H27N3O/c1-15-2-8-18(9-3-15)23-21-22-13-12-20(24-21)17-6-10-19(11-7-17)25-14-16-4-5-16/h6-7,10-13,15-16,18H,2-5,8-9,14H2,1H3,(H,22,23,24). The van der Waals surface area contributed by atoms with E-state index in [9.17, 15) is 0 Å². The molecular formula is C21H27N3O. The third kappa shape index (κ3) is 4.50. The van der Waals surface area contributed by atoms with Crippen molar-refractivity contribution in [3.05, 3.63) is 36.5 Å². The van der Waals surface area contributed by atoms with Gasteiger partial charge in [0.1, 0.15) is 5.75 Å². The maximum absolute atomic E-state index is 5.81. The van der Waals surface area contributed by atoms with Crippen LogP contribution in [-0.4, -0.2) is 22.6 Å². The van der Waals surface area contributed by atoms with Crippen molar-refractivity contribution in [1.82, 2.24) is 9.97 Å². The number of benzene rings is 1. The fourth-order valence-electron chi connectivity index (χ4n) is 3.40. The van der Waals surface area contributed by atoms with Crippen LogP contribution in [0.2, 0.25) is 0 Å². The molecule has 0 amide bonds. The summed E-state index contributed by atoms with van der Waals surface area (Å²) in [6.45, 7) is 3.19. The quantitative estimate of drug-likeness (QED) is 0.812. The lowest BCUT2D eigenvalue weighted by molar-refractivity contribution is 0.300. The van der Waals surface area contributed by atoms with E-state index in [0.717, 1.165) is 41.4 Å². The Balaban J connectivity index is 1.39. The molecule has 0 saturated heterocycles. The van der Waals surface area contributed by atoms with Crippen molar-refractivity contribution < 1.29 is 4.74 Å². The lowest BCUT2D eigenvalue weighted by Crippen LogP contribution is -2.26. The summed E-state index contributed by atoms with van der Waals surface area (Å²) in [6, 6.07) is 10.7. The van der Waals surface area contributed by atoms with Crippen LogP contribution in [0.25, 0.3) is 11.3 Å². The molecule has 0 spiro atoms. The highest BCUT2D eigenvalue weighted by Crippen LogP contribution is 2.30. The van der Waals surface area contributed by atoms with E-state index >= 15 is 0 Å². The third-order valence-electron chi connectivity index (χ3n) is 5.34. The first-order valence-electron chi connectivity index (χ1n) is 9.59. The molecule has 2 saturated carbocycles. The molecule has 4 heteroatoms. The Morgan fingerprint density at radius 3 is 2.48 bits per heavy atom. The average Bonchev–Trinajstić information content (AvgIpc) is 3.47. The number of hydrogen-bond donors (Lipinski definition) is 1. The smallest absolute Gasteiger partial charge is 0.223 e. The van der Waals surface area contributed by atoms with Crippen molar-refractivity contribution in [2.45, 2.75) is 51.5 Å². The molecule has 4 nitrogen and oxygen atoms in total. The Hall–Kier alpha value is -2.10. The summed E-state index contributed by atoms with van der Waals surface area (Å²) in [5, 5.41) is 3.52. The van der Waals surface area contributed by atoms with Crippen molar-refractivity contribution in [1.29, 1.82) is 0 Å². The van der Waals surface area contributed by atoms with Gasteiger partial charge in [0.2, 0.25) is 5.95 Å². The molecule has 1 heterocycles. The van der Waals surface area contributed by atoms with Gasteiger partial charge in [-0.3, -0.25) is 0 Å². The van der Waals surface area contributed by atoms with Gasteiger partial charge in [-0.05, 0) is 80.7 Å². The zero-order valence-electron chi connectivity index (χ0n) is 14.9. The van der Waals surface area contributed by atoms with Crippen LogP contribution in [-0.2, 0) is 0 Å². The Morgan fingerprint density at radius 2 is 1.76 bits per heavy atom. The second-order valence-electron chi connectivity index (χ2n) is 7.65. The second-order valence-corrected chi connectivity index (χ2v) is 7.65. The zero-order chi connectivity index (χ0) is 17.1. The van der Waals surface area contributed by atoms with E-state index in [2.05, 4.69) is 29.4 Å². The van der Waals surface area contributed by atoms with E-state index < -0.39 is 0 Å². The molecule has 0 radical (unpaired) electrons. The molecule has 1 aromatic carbocycles. The molecule has 1 aromatic heterocycles. The number of anilines is 1. The van der Waals surface area contributed by atoms with Crippen molar-refractivity contribution in [2.75, 3.05) is 11.9 Å². The van der Waals surface area contributed by atoms with Gasteiger partial charge >= 0.3 is 0 Å². The van der Waals surface area contributed by atoms with Crippen molar-refractivity contribution >= 4 is 5.95 Å². The molecule has 2 aromatic rings. The van der Waals surface area contributed by atoms with E-state index in [0.29, 0.717) is 6.04 Å². The lowest BCUT2D eigenvalue weighted by atomic mass is 9.87. The Labute approximate surface area is 150 Å². The van der Waals surface area contributed by atoms with Gasteiger partial charge in [-0.1, -0.05) is 6.92 Å². The molecule has 0 bridgehead atoms. The summed E-state index contributed by atoms with van der Waals surface area (Å²) < 4.78 is 5.81. The van der Waals surface area contributed by atoms with Crippen LogP contribution in [0.4, 0.5) is 5.95 Å². The van der Waals surface area contributed by atoms with Crippen molar-refractivity contribution in [3.63, 3.8) is 0 Å². The molecule has 4 rings (SSSR count). The van der Waals surface area contributed by atoms with Gasteiger partial charge in [0.05, 0.1) is 12.3 Å². The summed E-state index contributed by atoms with van der Waals surface area (Å²) in [5.41, 5.74) is 2.05. The molecule has 132 valence electrons. The first-order chi connectivity index (χ1) is 12.3. The molecular weight excluding hydrogens is 310 g/mol. The number of rotatable bonds is 6. The molecule has 0 aliphatic heterocycles. The van der Waals surface area contributed by atoms with Crippen molar-refractivity contribution in [3.8, 4) is 17.0 Å². The first-order valence-corrected chi connectivity index (χ1v) is 9.59. The zero-order valence-corrected chi connectivity index (χ0v) is 14.9. The fourth-order valence-corrected chi connectivity index (χ4v) is 3.40. The van der Waals surface area contributed by atoms with Gasteiger partial charge < -0.3 is 10.1 Å². The van der Waals surface area contributed by atoms with Gasteiger partial charge in [-0.2, -0.15) is 0 Å². The average molecular weight is 337 g/mol. The van der Waals surface area contributed by atoms with Crippen LogP contribution in [0.5, 0.6) is 5.75 Å². The first kappa shape index (κ1) is 16.4. The largest absolute Gasteiger partial charge is 0.493 e. The Bertz CT molecular complexity index is 689. The molecule has 0 unspecified atom stereocenters. The van der Waals surface area contributed by atoms with Crippen LogP contribution in [0.15, 0.2) is 36.5 Å². The van der Waals surface area contributed by atoms with Crippen LogP contribution < -0.4 is 10.1 Å². The number of nitrogens with one attached hydrogen (secondary N) is 1. The lowest BCUT2D eigenvalue weighted by Gasteiger charge is -2.26. The van der Waals surface area contributed by atoms with Crippen LogP contribution >= 0.6 is 0 Å². The van der Waals surface area contributed by atoms with Gasteiger partial charge in [0, 0.05) is 17.8 Å². The normalized spacial score (nSPS) is 23.2.